The van der Waals surface area contributed by atoms with Gasteiger partial charge in [-0.2, -0.15) is 0 Å². The topological polar surface area (TPSA) is 32.3 Å². The molecule has 0 saturated carbocycles. The van der Waals surface area contributed by atoms with Gasteiger partial charge >= 0.3 is 0 Å². The molecule has 0 unspecified atom stereocenters. The zero-order valence-electron chi connectivity index (χ0n) is 11.6. The minimum Gasteiger partial charge on any atom is -0.326 e. The molecule has 0 radical (unpaired) electrons. The molecule has 1 aromatic rings. The second kappa shape index (κ2) is 4.97. The van der Waals surface area contributed by atoms with E-state index in [9.17, 15) is 4.79 Å². The largest absolute Gasteiger partial charge is 0.326 e. The van der Waals surface area contributed by atoms with E-state index in [1.54, 1.807) is 0 Å². The lowest BCUT2D eigenvalue weighted by atomic mass is 9.90. The molecular formula is C16H22N2O. The first-order chi connectivity index (χ1) is 9.20. The van der Waals surface area contributed by atoms with Crippen LogP contribution in [0.15, 0.2) is 24.3 Å². The Morgan fingerprint density at radius 2 is 1.95 bits per heavy atom. The number of fused-ring (bicyclic) bond motifs is 1. The van der Waals surface area contributed by atoms with Crippen molar-refractivity contribution >= 4 is 11.6 Å². The lowest BCUT2D eigenvalue weighted by Crippen LogP contribution is -2.41. The summed E-state index contributed by atoms with van der Waals surface area (Å²) >= 11 is 0. The normalized spacial score (nSPS) is 21.3. The molecule has 2 fully saturated rings. The highest BCUT2D eigenvalue weighted by Crippen LogP contribution is 2.41. The highest BCUT2D eigenvalue weighted by atomic mass is 16.1. The molecule has 1 N–H and O–H groups in total. The fourth-order valence-electron chi connectivity index (χ4n) is 3.72. The van der Waals surface area contributed by atoms with Crippen molar-refractivity contribution in [1.29, 1.82) is 0 Å². The van der Waals surface area contributed by atoms with Gasteiger partial charge in [-0.3, -0.25) is 9.69 Å². The van der Waals surface area contributed by atoms with Crippen LogP contribution in [0.2, 0.25) is 0 Å². The summed E-state index contributed by atoms with van der Waals surface area (Å²) in [5.41, 5.74) is 2.25. The number of nitrogens with zero attached hydrogens (tertiary/aromatic N) is 1. The average molecular weight is 258 g/mol. The summed E-state index contributed by atoms with van der Waals surface area (Å²) < 4.78 is 0. The van der Waals surface area contributed by atoms with Crippen molar-refractivity contribution in [2.75, 3.05) is 18.4 Å². The van der Waals surface area contributed by atoms with E-state index >= 15 is 0 Å². The summed E-state index contributed by atoms with van der Waals surface area (Å²) in [6, 6.07) is 7.98. The summed E-state index contributed by atoms with van der Waals surface area (Å²) in [6.45, 7) is 4.39. The predicted molar refractivity (Wildman–Crippen MR) is 77.2 cm³/mol. The van der Waals surface area contributed by atoms with Crippen molar-refractivity contribution in [2.45, 2.75) is 44.6 Å². The Morgan fingerprint density at radius 3 is 2.63 bits per heavy atom. The minimum absolute atomic E-state index is 0.170. The molecule has 0 aromatic heterocycles. The number of anilines is 1. The second-order valence-electron chi connectivity index (χ2n) is 5.96. The first-order valence-corrected chi connectivity index (χ1v) is 7.30. The van der Waals surface area contributed by atoms with Gasteiger partial charge in [0.15, 0.2) is 0 Å². The first kappa shape index (κ1) is 12.7. The Labute approximate surface area is 115 Å². The number of carbonyl (C=O) groups is 1. The van der Waals surface area contributed by atoms with Gasteiger partial charge in [0.2, 0.25) is 5.91 Å². The van der Waals surface area contributed by atoms with E-state index in [0.29, 0.717) is 6.42 Å². The molecule has 2 aliphatic rings. The van der Waals surface area contributed by atoms with Crippen LogP contribution in [0, 0.1) is 6.92 Å². The van der Waals surface area contributed by atoms with E-state index in [4.69, 9.17) is 0 Å². The van der Waals surface area contributed by atoms with E-state index in [2.05, 4.69) is 10.2 Å². The fraction of sp³-hybridized carbons (Fsp3) is 0.562. The smallest absolute Gasteiger partial charge is 0.226 e. The SMILES string of the molecule is Cc1ccccc1NC(=O)CC12CCCN1CCC2. The summed E-state index contributed by atoms with van der Waals surface area (Å²) in [7, 11) is 0. The monoisotopic (exact) mass is 258 g/mol. The van der Waals surface area contributed by atoms with Crippen molar-refractivity contribution in [1.82, 2.24) is 4.90 Å². The Balaban J connectivity index is 1.67. The van der Waals surface area contributed by atoms with Gasteiger partial charge in [-0.1, -0.05) is 18.2 Å². The highest BCUT2D eigenvalue weighted by molar-refractivity contribution is 5.92. The summed E-state index contributed by atoms with van der Waals surface area (Å²) in [6.07, 6.45) is 5.53. The van der Waals surface area contributed by atoms with E-state index in [1.165, 1.54) is 38.8 Å². The fourth-order valence-corrected chi connectivity index (χ4v) is 3.72. The number of aryl methyl sites for hydroxylation is 1. The molecule has 2 saturated heterocycles. The molecule has 1 aromatic carbocycles. The first-order valence-electron chi connectivity index (χ1n) is 7.30. The van der Waals surface area contributed by atoms with Crippen LogP contribution < -0.4 is 5.32 Å². The predicted octanol–water partition coefficient (Wildman–Crippen LogP) is 2.95. The molecule has 3 heteroatoms. The lowest BCUT2D eigenvalue weighted by Gasteiger charge is -2.31. The maximum atomic E-state index is 12.3. The molecule has 0 aliphatic carbocycles. The molecular weight excluding hydrogens is 236 g/mol. The third-order valence-electron chi connectivity index (χ3n) is 4.72. The van der Waals surface area contributed by atoms with E-state index in [0.717, 1.165) is 11.3 Å². The van der Waals surface area contributed by atoms with Gasteiger partial charge in [0, 0.05) is 17.6 Å². The average Bonchev–Trinajstić information content (AvgIpc) is 2.91. The van der Waals surface area contributed by atoms with E-state index in [1.807, 2.05) is 31.2 Å². The summed E-state index contributed by atoms with van der Waals surface area (Å²) in [4.78, 5) is 14.9. The molecule has 102 valence electrons. The third-order valence-corrected chi connectivity index (χ3v) is 4.72. The zero-order chi connectivity index (χ0) is 13.3. The molecule has 0 atom stereocenters. The standard InChI is InChI=1S/C16H22N2O/c1-13-6-2-3-7-14(13)17-15(19)12-16-8-4-10-18(16)11-5-9-16/h2-3,6-7H,4-5,8-12H2,1H3,(H,17,19). The van der Waals surface area contributed by atoms with Crippen molar-refractivity contribution in [3.63, 3.8) is 0 Å². The van der Waals surface area contributed by atoms with Gasteiger partial charge in [0.25, 0.3) is 0 Å². The van der Waals surface area contributed by atoms with Crippen molar-refractivity contribution in [2.24, 2.45) is 0 Å². The Bertz CT molecular complexity index is 473. The van der Waals surface area contributed by atoms with Gasteiger partial charge in [0.1, 0.15) is 0 Å². The van der Waals surface area contributed by atoms with Gasteiger partial charge < -0.3 is 5.32 Å². The summed E-state index contributed by atoms with van der Waals surface area (Å²) in [5.74, 6) is 0.170. The van der Waals surface area contributed by atoms with Gasteiger partial charge in [-0.05, 0) is 57.3 Å². The Hall–Kier alpha value is -1.35. The van der Waals surface area contributed by atoms with Crippen LogP contribution in [-0.4, -0.2) is 29.4 Å². The zero-order valence-corrected chi connectivity index (χ0v) is 11.6. The number of hydrogen-bond acceptors (Lipinski definition) is 2. The van der Waals surface area contributed by atoms with Crippen LogP contribution in [0.4, 0.5) is 5.69 Å². The number of amides is 1. The van der Waals surface area contributed by atoms with E-state index in [-0.39, 0.29) is 11.4 Å². The summed E-state index contributed by atoms with van der Waals surface area (Å²) in [5, 5.41) is 3.08. The Morgan fingerprint density at radius 1 is 1.26 bits per heavy atom. The maximum Gasteiger partial charge on any atom is 0.226 e. The van der Waals surface area contributed by atoms with Crippen LogP contribution in [0.25, 0.3) is 0 Å². The van der Waals surface area contributed by atoms with Crippen LogP contribution in [0.3, 0.4) is 0 Å². The molecule has 0 bridgehead atoms. The van der Waals surface area contributed by atoms with Gasteiger partial charge in [-0.15, -0.1) is 0 Å². The highest BCUT2D eigenvalue weighted by Gasteiger charge is 2.45. The number of carbonyl (C=O) groups excluding carboxylic acids is 1. The molecule has 19 heavy (non-hydrogen) atoms. The number of benzene rings is 1. The molecule has 3 nitrogen and oxygen atoms in total. The van der Waals surface area contributed by atoms with Crippen LogP contribution in [0.1, 0.15) is 37.7 Å². The minimum atomic E-state index is 0.170. The van der Waals surface area contributed by atoms with Crippen LogP contribution in [0.5, 0.6) is 0 Å². The number of rotatable bonds is 3. The maximum absolute atomic E-state index is 12.3. The van der Waals surface area contributed by atoms with Gasteiger partial charge in [-0.25, -0.2) is 0 Å². The van der Waals surface area contributed by atoms with Crippen molar-refractivity contribution < 1.29 is 4.79 Å². The quantitative estimate of drug-likeness (QED) is 0.904. The van der Waals surface area contributed by atoms with Gasteiger partial charge in [0.05, 0.1) is 0 Å². The van der Waals surface area contributed by atoms with Crippen LogP contribution >= 0.6 is 0 Å². The van der Waals surface area contributed by atoms with E-state index < -0.39 is 0 Å². The third kappa shape index (κ3) is 2.39. The van der Waals surface area contributed by atoms with Crippen molar-refractivity contribution in [3.05, 3.63) is 29.8 Å². The number of nitrogens with one attached hydrogen (secondary N) is 1. The molecule has 1 amide bonds. The van der Waals surface area contributed by atoms with Crippen molar-refractivity contribution in [3.8, 4) is 0 Å². The Kier molecular flexibility index (Phi) is 3.31. The molecule has 2 heterocycles. The number of para-hydroxylation sites is 1. The lowest BCUT2D eigenvalue weighted by molar-refractivity contribution is -0.118. The second-order valence-corrected chi connectivity index (χ2v) is 5.96. The molecule has 0 spiro atoms. The number of hydrogen-bond donors (Lipinski definition) is 1. The molecule has 2 aliphatic heterocycles. The van der Waals surface area contributed by atoms with Crippen LogP contribution in [-0.2, 0) is 4.79 Å². The molecule has 3 rings (SSSR count).